The Morgan fingerprint density at radius 3 is 2.29 bits per heavy atom. The number of nitrogens with one attached hydrogen (secondary N) is 2. The lowest BCUT2D eigenvalue weighted by Crippen LogP contribution is -2.32. The molecule has 0 aliphatic heterocycles. The molecule has 0 fully saturated rings. The number of amides is 2. The Morgan fingerprint density at radius 1 is 1.06 bits per heavy atom. The minimum absolute atomic E-state index is 0.000502. The Balaban J connectivity index is 3.42. The summed E-state index contributed by atoms with van der Waals surface area (Å²) in [5.41, 5.74) is 0. The minimum Gasteiger partial charge on any atom is -0.356 e. The molecule has 0 bridgehead atoms. The van der Waals surface area contributed by atoms with Crippen LogP contribution in [0.25, 0.3) is 0 Å². The van der Waals surface area contributed by atoms with E-state index in [1.165, 1.54) is 0 Å². The van der Waals surface area contributed by atoms with Crippen LogP contribution in [0.2, 0.25) is 0 Å². The van der Waals surface area contributed by atoms with E-state index in [4.69, 9.17) is 0 Å². The first-order chi connectivity index (χ1) is 8.06. The lowest BCUT2D eigenvalue weighted by Gasteiger charge is -2.08. The molecule has 0 aromatic heterocycles. The first-order valence-corrected chi connectivity index (χ1v) is 7.27. The van der Waals surface area contributed by atoms with Gasteiger partial charge < -0.3 is 10.6 Å². The number of unbranched alkanes of at least 4 members (excludes halogenated alkanes) is 1. The first kappa shape index (κ1) is 16.4. The second kappa shape index (κ2) is 10.6. The van der Waals surface area contributed by atoms with Crippen molar-refractivity contribution in [3.8, 4) is 0 Å². The van der Waals surface area contributed by atoms with Crippen molar-refractivity contribution in [3.05, 3.63) is 0 Å². The van der Waals surface area contributed by atoms with Gasteiger partial charge in [0.15, 0.2) is 0 Å². The molecule has 0 aromatic rings. The number of hydrogen-bond donors (Lipinski definition) is 2. The topological polar surface area (TPSA) is 58.2 Å². The zero-order valence-corrected chi connectivity index (χ0v) is 12.3. The molecule has 0 spiro atoms. The maximum atomic E-state index is 11.3. The van der Waals surface area contributed by atoms with Crippen LogP contribution in [-0.4, -0.2) is 30.2 Å². The van der Waals surface area contributed by atoms with E-state index in [0.29, 0.717) is 31.8 Å². The number of rotatable bonds is 9. The van der Waals surface area contributed by atoms with Crippen LogP contribution in [0.15, 0.2) is 0 Å². The average molecular weight is 307 g/mol. The van der Waals surface area contributed by atoms with Crippen LogP contribution in [0.1, 0.15) is 39.5 Å². The molecular weight excluding hydrogens is 284 g/mol. The molecule has 2 amide bonds. The molecule has 0 radical (unpaired) electrons. The van der Waals surface area contributed by atoms with Crippen LogP contribution >= 0.6 is 15.9 Å². The summed E-state index contributed by atoms with van der Waals surface area (Å²) in [5.74, 6) is 0.486. The summed E-state index contributed by atoms with van der Waals surface area (Å²) in [6.07, 6.45) is 2.79. The van der Waals surface area contributed by atoms with E-state index in [1.807, 2.05) is 13.8 Å². The van der Waals surface area contributed by atoms with Gasteiger partial charge in [-0.05, 0) is 18.8 Å². The number of carbonyl (C=O) groups excluding carboxylic acids is 2. The van der Waals surface area contributed by atoms with Gasteiger partial charge in [-0.3, -0.25) is 9.59 Å². The Hall–Kier alpha value is -0.580. The van der Waals surface area contributed by atoms with Crippen LogP contribution < -0.4 is 10.6 Å². The standard InChI is InChI=1S/C12H23BrN2O2/c1-10(2)9-15-12(17)6-8-14-11(16)5-3-4-7-13/h10H,3-9H2,1-2H3,(H,14,16)(H,15,17). The van der Waals surface area contributed by atoms with Gasteiger partial charge in [0.25, 0.3) is 0 Å². The predicted molar refractivity (Wildman–Crippen MR) is 73.1 cm³/mol. The molecule has 0 rings (SSSR count). The summed E-state index contributed by atoms with van der Waals surface area (Å²) in [5, 5.41) is 6.49. The van der Waals surface area contributed by atoms with Crippen LogP contribution in [0, 0.1) is 5.92 Å². The van der Waals surface area contributed by atoms with E-state index in [-0.39, 0.29) is 11.8 Å². The van der Waals surface area contributed by atoms with Crippen LogP contribution in [-0.2, 0) is 9.59 Å². The third kappa shape index (κ3) is 11.7. The van der Waals surface area contributed by atoms with Crippen molar-refractivity contribution in [2.45, 2.75) is 39.5 Å². The second-order valence-corrected chi connectivity index (χ2v) is 5.24. The minimum atomic E-state index is -0.000502. The highest BCUT2D eigenvalue weighted by molar-refractivity contribution is 9.09. The summed E-state index contributed by atoms with van der Waals surface area (Å²) in [4.78, 5) is 22.6. The molecule has 0 saturated carbocycles. The van der Waals surface area contributed by atoms with Crippen molar-refractivity contribution in [3.63, 3.8) is 0 Å². The monoisotopic (exact) mass is 306 g/mol. The summed E-state index contributed by atoms with van der Waals surface area (Å²) in [6, 6.07) is 0. The molecule has 5 heteroatoms. The maximum absolute atomic E-state index is 11.3. The van der Waals surface area contributed by atoms with Crippen molar-refractivity contribution >= 4 is 27.7 Å². The molecule has 4 nitrogen and oxygen atoms in total. The van der Waals surface area contributed by atoms with Gasteiger partial charge in [-0.25, -0.2) is 0 Å². The quantitative estimate of drug-likeness (QED) is 0.504. The summed E-state index contributed by atoms with van der Waals surface area (Å²) >= 11 is 3.32. The molecule has 2 N–H and O–H groups in total. The lowest BCUT2D eigenvalue weighted by atomic mass is 10.2. The van der Waals surface area contributed by atoms with Crippen molar-refractivity contribution in [2.24, 2.45) is 5.92 Å². The van der Waals surface area contributed by atoms with Crippen molar-refractivity contribution in [2.75, 3.05) is 18.4 Å². The Kier molecular flexibility index (Phi) is 10.2. The number of alkyl halides is 1. The van der Waals surface area contributed by atoms with Gasteiger partial charge in [0.05, 0.1) is 0 Å². The smallest absolute Gasteiger partial charge is 0.221 e. The second-order valence-electron chi connectivity index (χ2n) is 4.44. The molecule has 100 valence electrons. The van der Waals surface area contributed by atoms with Crippen LogP contribution in [0.4, 0.5) is 0 Å². The normalized spacial score (nSPS) is 10.4. The van der Waals surface area contributed by atoms with Crippen molar-refractivity contribution < 1.29 is 9.59 Å². The highest BCUT2D eigenvalue weighted by Crippen LogP contribution is 1.98. The molecular formula is C12H23BrN2O2. The van der Waals surface area contributed by atoms with E-state index in [2.05, 4.69) is 26.6 Å². The maximum Gasteiger partial charge on any atom is 0.221 e. The van der Waals surface area contributed by atoms with Gasteiger partial charge in [0.1, 0.15) is 0 Å². The van der Waals surface area contributed by atoms with Gasteiger partial charge in [0.2, 0.25) is 11.8 Å². The largest absolute Gasteiger partial charge is 0.356 e. The first-order valence-electron chi connectivity index (χ1n) is 6.15. The number of hydrogen-bond acceptors (Lipinski definition) is 2. The Morgan fingerprint density at radius 2 is 1.71 bits per heavy atom. The lowest BCUT2D eigenvalue weighted by molar-refractivity contribution is -0.122. The average Bonchev–Trinajstić information content (AvgIpc) is 2.27. The zero-order valence-electron chi connectivity index (χ0n) is 10.7. The predicted octanol–water partition coefficient (Wildman–Crippen LogP) is 1.83. The van der Waals surface area contributed by atoms with Gasteiger partial charge in [0, 0.05) is 31.3 Å². The van der Waals surface area contributed by atoms with Gasteiger partial charge >= 0.3 is 0 Å². The fourth-order valence-electron chi connectivity index (χ4n) is 1.19. The summed E-state index contributed by atoms with van der Waals surface area (Å²) in [7, 11) is 0. The third-order valence-electron chi connectivity index (χ3n) is 2.17. The fourth-order valence-corrected chi connectivity index (χ4v) is 1.59. The highest BCUT2D eigenvalue weighted by atomic mass is 79.9. The summed E-state index contributed by atoms with van der Waals surface area (Å²) in [6.45, 7) is 5.22. The van der Waals surface area contributed by atoms with E-state index in [9.17, 15) is 9.59 Å². The van der Waals surface area contributed by atoms with Gasteiger partial charge in [-0.2, -0.15) is 0 Å². The molecule has 0 aromatic carbocycles. The highest BCUT2D eigenvalue weighted by Gasteiger charge is 2.04. The molecule has 0 saturated heterocycles. The third-order valence-corrected chi connectivity index (χ3v) is 2.73. The number of halogens is 1. The van der Waals surface area contributed by atoms with E-state index in [1.54, 1.807) is 0 Å². The van der Waals surface area contributed by atoms with Gasteiger partial charge in [-0.15, -0.1) is 0 Å². The van der Waals surface area contributed by atoms with Gasteiger partial charge in [-0.1, -0.05) is 29.8 Å². The van der Waals surface area contributed by atoms with Crippen molar-refractivity contribution in [1.29, 1.82) is 0 Å². The Bertz CT molecular complexity index is 233. The van der Waals surface area contributed by atoms with Crippen molar-refractivity contribution in [1.82, 2.24) is 10.6 Å². The van der Waals surface area contributed by atoms with Crippen LogP contribution in [0.5, 0.6) is 0 Å². The molecule has 17 heavy (non-hydrogen) atoms. The molecule has 0 aliphatic rings. The molecule has 0 aliphatic carbocycles. The molecule has 0 atom stereocenters. The van der Waals surface area contributed by atoms with Crippen LogP contribution in [0.3, 0.4) is 0 Å². The number of carbonyl (C=O) groups is 2. The van der Waals surface area contributed by atoms with E-state index < -0.39 is 0 Å². The van der Waals surface area contributed by atoms with E-state index >= 15 is 0 Å². The Labute approximate surface area is 112 Å². The zero-order chi connectivity index (χ0) is 13.1. The fraction of sp³-hybridized carbons (Fsp3) is 0.833. The molecule has 0 unspecified atom stereocenters. The summed E-state index contributed by atoms with van der Waals surface area (Å²) < 4.78 is 0. The van der Waals surface area contributed by atoms with E-state index in [0.717, 1.165) is 18.2 Å². The SMILES string of the molecule is CC(C)CNC(=O)CCNC(=O)CCCCBr. The molecule has 0 heterocycles.